The minimum atomic E-state index is -0.609. The van der Waals surface area contributed by atoms with Crippen LogP contribution < -0.4 is 10.2 Å². The molecule has 0 saturated carbocycles. The van der Waals surface area contributed by atoms with E-state index in [0.717, 1.165) is 10.8 Å². The Hall–Kier alpha value is -4.45. The van der Waals surface area contributed by atoms with Crippen molar-refractivity contribution in [1.29, 1.82) is 0 Å². The van der Waals surface area contributed by atoms with E-state index in [1.807, 2.05) is 97.1 Å². The van der Waals surface area contributed by atoms with E-state index >= 15 is 0 Å². The summed E-state index contributed by atoms with van der Waals surface area (Å²) < 4.78 is 5.11. The van der Waals surface area contributed by atoms with Crippen molar-refractivity contribution in [2.24, 2.45) is 0 Å². The Balaban J connectivity index is 1.32. The molecule has 0 spiro atoms. The number of nitrogens with zero attached hydrogens (tertiary/aromatic N) is 1. The average molecular weight is 453 g/mol. The van der Waals surface area contributed by atoms with Crippen LogP contribution in [0.15, 0.2) is 103 Å². The Morgan fingerprint density at radius 1 is 0.676 bits per heavy atom. The summed E-state index contributed by atoms with van der Waals surface area (Å²) >= 11 is 0. The highest BCUT2D eigenvalue weighted by molar-refractivity contribution is 6.03. The molecule has 0 aliphatic heterocycles. The summed E-state index contributed by atoms with van der Waals surface area (Å²) in [6.45, 7) is -0.419. The predicted octanol–water partition coefficient (Wildman–Crippen LogP) is 5.47. The molecular formula is C28H24N2O4. The first-order valence-corrected chi connectivity index (χ1v) is 11.0. The molecule has 170 valence electrons. The Morgan fingerprint density at radius 3 is 1.94 bits per heavy atom. The largest absolute Gasteiger partial charge is 0.456 e. The van der Waals surface area contributed by atoms with Crippen molar-refractivity contribution in [1.82, 2.24) is 0 Å². The predicted molar refractivity (Wildman–Crippen MR) is 133 cm³/mol. The van der Waals surface area contributed by atoms with Crippen LogP contribution in [0.1, 0.15) is 12.8 Å². The second-order valence-electron chi connectivity index (χ2n) is 7.64. The third-order valence-corrected chi connectivity index (χ3v) is 5.25. The molecule has 0 saturated heterocycles. The van der Waals surface area contributed by atoms with Gasteiger partial charge in [-0.15, -0.1) is 0 Å². The Morgan fingerprint density at radius 2 is 1.26 bits per heavy atom. The Kier molecular flexibility index (Phi) is 7.30. The Labute approximate surface area is 197 Å². The topological polar surface area (TPSA) is 75.7 Å². The maximum atomic E-state index is 13.0. The zero-order valence-electron chi connectivity index (χ0n) is 18.5. The zero-order chi connectivity index (χ0) is 23.8. The first-order valence-electron chi connectivity index (χ1n) is 11.0. The van der Waals surface area contributed by atoms with Gasteiger partial charge in [0.1, 0.15) is 0 Å². The van der Waals surface area contributed by atoms with E-state index in [2.05, 4.69) is 5.32 Å². The minimum absolute atomic E-state index is 0.0481. The van der Waals surface area contributed by atoms with Crippen LogP contribution in [-0.4, -0.2) is 24.4 Å². The van der Waals surface area contributed by atoms with E-state index in [9.17, 15) is 14.4 Å². The molecule has 6 nitrogen and oxygen atoms in total. The molecule has 0 unspecified atom stereocenters. The molecule has 0 heterocycles. The number of benzene rings is 4. The average Bonchev–Trinajstić information content (AvgIpc) is 2.88. The summed E-state index contributed by atoms with van der Waals surface area (Å²) in [5.74, 6) is -1.29. The van der Waals surface area contributed by atoms with E-state index in [4.69, 9.17) is 4.74 Å². The SMILES string of the molecule is O=C(COC(=O)CCC(=O)N(c1ccccc1)c1ccccc1)Nc1cccc2ccccc12. The fourth-order valence-electron chi connectivity index (χ4n) is 3.65. The fraction of sp³-hybridized carbons (Fsp3) is 0.107. The number of amides is 2. The van der Waals surface area contributed by atoms with E-state index in [0.29, 0.717) is 17.1 Å². The molecule has 0 aliphatic rings. The number of hydrogen-bond acceptors (Lipinski definition) is 4. The number of anilines is 3. The second-order valence-corrected chi connectivity index (χ2v) is 7.64. The molecule has 0 aliphatic carbocycles. The monoisotopic (exact) mass is 452 g/mol. The molecule has 6 heteroatoms. The van der Waals surface area contributed by atoms with E-state index < -0.39 is 18.5 Å². The molecular weight excluding hydrogens is 428 g/mol. The van der Waals surface area contributed by atoms with Gasteiger partial charge in [0, 0.05) is 28.9 Å². The third kappa shape index (κ3) is 5.66. The molecule has 0 bridgehead atoms. The number of fused-ring (bicyclic) bond motifs is 1. The van der Waals surface area contributed by atoms with Crippen molar-refractivity contribution in [2.45, 2.75) is 12.8 Å². The standard InChI is InChI=1S/C28H24N2O4/c31-26(29-25-17-9-11-21-10-7-8-16-24(21)25)20-34-28(33)19-18-27(32)30(22-12-3-1-4-13-22)23-14-5-2-6-15-23/h1-17H,18-20H2,(H,29,31). The van der Waals surface area contributed by atoms with Crippen molar-refractivity contribution >= 4 is 45.6 Å². The van der Waals surface area contributed by atoms with Gasteiger partial charge in [-0.2, -0.15) is 0 Å². The van der Waals surface area contributed by atoms with Crippen molar-refractivity contribution < 1.29 is 19.1 Å². The normalized spacial score (nSPS) is 10.5. The first kappa shape index (κ1) is 22.7. The molecule has 4 aromatic rings. The molecule has 34 heavy (non-hydrogen) atoms. The molecule has 0 fully saturated rings. The fourth-order valence-corrected chi connectivity index (χ4v) is 3.65. The number of para-hydroxylation sites is 2. The minimum Gasteiger partial charge on any atom is -0.456 e. The van der Waals surface area contributed by atoms with Gasteiger partial charge in [-0.05, 0) is 35.7 Å². The van der Waals surface area contributed by atoms with Crippen LogP contribution in [0.3, 0.4) is 0 Å². The number of ether oxygens (including phenoxy) is 1. The molecule has 4 rings (SSSR count). The lowest BCUT2D eigenvalue weighted by Crippen LogP contribution is -2.27. The van der Waals surface area contributed by atoms with Crippen molar-refractivity contribution in [3.05, 3.63) is 103 Å². The van der Waals surface area contributed by atoms with Crippen LogP contribution in [0.4, 0.5) is 17.1 Å². The van der Waals surface area contributed by atoms with Gasteiger partial charge in [-0.3, -0.25) is 19.3 Å². The van der Waals surface area contributed by atoms with Gasteiger partial charge in [-0.25, -0.2) is 0 Å². The molecule has 1 N–H and O–H groups in total. The molecule has 4 aromatic carbocycles. The smallest absolute Gasteiger partial charge is 0.306 e. The van der Waals surface area contributed by atoms with Crippen LogP contribution in [0, 0.1) is 0 Å². The lowest BCUT2D eigenvalue weighted by molar-refractivity contribution is -0.148. The number of carbonyl (C=O) groups is 3. The van der Waals surface area contributed by atoms with E-state index in [1.54, 1.807) is 11.0 Å². The van der Waals surface area contributed by atoms with Crippen LogP contribution in [0.2, 0.25) is 0 Å². The summed E-state index contributed by atoms with van der Waals surface area (Å²) in [5, 5.41) is 4.67. The van der Waals surface area contributed by atoms with Crippen LogP contribution in [0.5, 0.6) is 0 Å². The Bertz CT molecular complexity index is 1240. The van der Waals surface area contributed by atoms with Gasteiger partial charge in [0.25, 0.3) is 5.91 Å². The number of hydrogen-bond donors (Lipinski definition) is 1. The summed E-state index contributed by atoms with van der Waals surface area (Å²) in [4.78, 5) is 39.1. The molecule has 0 radical (unpaired) electrons. The van der Waals surface area contributed by atoms with Gasteiger partial charge < -0.3 is 10.1 Å². The number of esters is 1. The second kappa shape index (κ2) is 10.9. The third-order valence-electron chi connectivity index (χ3n) is 5.25. The van der Waals surface area contributed by atoms with Crippen molar-refractivity contribution in [3.63, 3.8) is 0 Å². The number of nitrogens with one attached hydrogen (secondary N) is 1. The van der Waals surface area contributed by atoms with Crippen LogP contribution in [0.25, 0.3) is 10.8 Å². The maximum absolute atomic E-state index is 13.0. The molecule has 0 aromatic heterocycles. The molecule has 2 amide bonds. The summed E-state index contributed by atoms with van der Waals surface area (Å²) in [6.07, 6.45) is -0.176. The van der Waals surface area contributed by atoms with Gasteiger partial charge in [0.05, 0.1) is 6.42 Å². The van der Waals surface area contributed by atoms with Gasteiger partial charge in [0.2, 0.25) is 5.91 Å². The van der Waals surface area contributed by atoms with Gasteiger partial charge >= 0.3 is 5.97 Å². The van der Waals surface area contributed by atoms with Crippen molar-refractivity contribution in [2.75, 3.05) is 16.8 Å². The maximum Gasteiger partial charge on any atom is 0.306 e. The summed E-state index contributed by atoms with van der Waals surface area (Å²) in [5.41, 5.74) is 2.07. The van der Waals surface area contributed by atoms with Gasteiger partial charge in [-0.1, -0.05) is 72.8 Å². The first-order chi connectivity index (χ1) is 16.6. The summed E-state index contributed by atoms with van der Waals surface area (Å²) in [7, 11) is 0. The lowest BCUT2D eigenvalue weighted by Gasteiger charge is -2.23. The highest BCUT2D eigenvalue weighted by Gasteiger charge is 2.19. The van der Waals surface area contributed by atoms with E-state index in [1.165, 1.54) is 0 Å². The molecule has 0 atom stereocenters. The quantitative estimate of drug-likeness (QED) is 0.360. The number of carbonyl (C=O) groups excluding carboxylic acids is 3. The highest BCUT2D eigenvalue weighted by atomic mass is 16.5. The summed E-state index contributed by atoms with van der Waals surface area (Å²) in [6, 6.07) is 31.8. The van der Waals surface area contributed by atoms with Gasteiger partial charge in [0.15, 0.2) is 6.61 Å². The van der Waals surface area contributed by atoms with Crippen LogP contribution >= 0.6 is 0 Å². The lowest BCUT2D eigenvalue weighted by atomic mass is 10.1. The van der Waals surface area contributed by atoms with Crippen LogP contribution in [-0.2, 0) is 19.1 Å². The highest BCUT2D eigenvalue weighted by Crippen LogP contribution is 2.26. The van der Waals surface area contributed by atoms with Crippen molar-refractivity contribution in [3.8, 4) is 0 Å². The number of rotatable bonds is 8. The zero-order valence-corrected chi connectivity index (χ0v) is 18.5. The van der Waals surface area contributed by atoms with E-state index in [-0.39, 0.29) is 18.7 Å².